The number of nitrogens with one attached hydrogen (secondary N) is 1. The summed E-state index contributed by atoms with van der Waals surface area (Å²) < 4.78 is 12.3. The topological polar surface area (TPSA) is 285 Å². The van der Waals surface area contributed by atoms with Crippen molar-refractivity contribution in [2.24, 2.45) is 0 Å². The van der Waals surface area contributed by atoms with Gasteiger partial charge in [-0.15, -0.1) is 0 Å². The van der Waals surface area contributed by atoms with E-state index in [1.165, 1.54) is 37.1 Å². The van der Waals surface area contributed by atoms with Crippen molar-refractivity contribution in [2.45, 2.75) is 20.3 Å². The SMILES string of the molecule is CCC.CN(C)c1ncccc1N.CN(C)c1ncccc1Nc1nc(Cl)ncc1C#N.CN(C)c1ncccc1[N+](=O)[O-].N#Cc1cnc(Cl)nc1Cl.O=[N+]([O-])c1cccnc1F.[CH3-].[Pd]. The Kier molecular flexibility index (Phi) is 30.2. The smallest absolute Gasteiger partial charge is 0.323 e. The van der Waals surface area contributed by atoms with Crippen LogP contribution >= 0.6 is 34.8 Å². The van der Waals surface area contributed by atoms with E-state index in [-0.39, 0.29) is 54.8 Å². The summed E-state index contributed by atoms with van der Waals surface area (Å²) in [6.45, 7) is 4.25. The second kappa shape index (κ2) is 32.6. The number of rotatable bonds is 7. The van der Waals surface area contributed by atoms with Crippen LogP contribution in [0.2, 0.25) is 15.7 Å². The Balaban J connectivity index is 0. The fourth-order valence-corrected chi connectivity index (χ4v) is 4.59. The van der Waals surface area contributed by atoms with Gasteiger partial charge in [-0.25, -0.2) is 34.9 Å². The molecule has 0 aliphatic carbocycles. The summed E-state index contributed by atoms with van der Waals surface area (Å²) in [6, 6.07) is 16.5. The number of aromatic nitrogens is 8. The van der Waals surface area contributed by atoms with Gasteiger partial charge in [-0.2, -0.15) is 19.9 Å². The molecule has 0 atom stereocenters. The first kappa shape index (κ1) is 61.1. The Morgan fingerprint density at radius 2 is 1.11 bits per heavy atom. The fourth-order valence-electron chi connectivity index (χ4n) is 4.10. The minimum atomic E-state index is -1.05. The molecule has 0 fully saturated rings. The molecule has 21 nitrogen and oxygen atoms in total. The van der Waals surface area contributed by atoms with E-state index in [1.807, 2.05) is 62.3 Å². The minimum Gasteiger partial charge on any atom is -0.396 e. The summed E-state index contributed by atoms with van der Waals surface area (Å²) in [5, 5.41) is 41.1. The van der Waals surface area contributed by atoms with Crippen molar-refractivity contribution < 1.29 is 34.7 Å². The summed E-state index contributed by atoms with van der Waals surface area (Å²) in [7, 11) is 11.0. The van der Waals surface area contributed by atoms with Crippen LogP contribution in [0.4, 0.5) is 50.4 Å². The van der Waals surface area contributed by atoms with E-state index in [1.54, 1.807) is 49.6 Å². The second-order valence-corrected chi connectivity index (χ2v) is 13.5. The van der Waals surface area contributed by atoms with Gasteiger partial charge in [-0.1, -0.05) is 31.9 Å². The molecule has 6 heterocycles. The molecule has 0 aliphatic rings. The number of hydrogen-bond acceptors (Lipinski definition) is 19. The van der Waals surface area contributed by atoms with Crippen molar-refractivity contribution in [3.05, 3.63) is 146 Å². The largest absolute Gasteiger partial charge is 0.396 e. The molecule has 0 aromatic carbocycles. The first-order chi connectivity index (χ1) is 30.3. The molecule has 0 saturated carbocycles. The monoisotopic (exact) mass is 1060 g/mol. The second-order valence-electron chi connectivity index (χ2n) is 12.4. The summed E-state index contributed by atoms with van der Waals surface area (Å²) >= 11 is 16.6. The number of anilines is 6. The summed E-state index contributed by atoms with van der Waals surface area (Å²) in [5.74, 6) is 1.25. The molecule has 0 bridgehead atoms. The first-order valence-electron chi connectivity index (χ1n) is 18.1. The average molecular weight is 1060 g/mol. The molecule has 354 valence electrons. The molecule has 3 N–H and O–H groups in total. The Labute approximate surface area is 410 Å². The number of halogens is 4. The predicted octanol–water partition coefficient (Wildman–Crippen LogP) is 8.64. The van der Waals surface area contributed by atoms with Gasteiger partial charge in [-0.05, 0) is 59.6 Å². The minimum absolute atomic E-state index is 0. The number of nitriles is 2. The zero-order valence-corrected chi connectivity index (χ0v) is 40.9. The van der Waals surface area contributed by atoms with E-state index >= 15 is 0 Å². The molecule has 0 aliphatic heterocycles. The van der Waals surface area contributed by atoms with Crippen molar-refractivity contribution in [1.29, 1.82) is 10.5 Å². The van der Waals surface area contributed by atoms with Crippen LogP contribution in [0.5, 0.6) is 0 Å². The van der Waals surface area contributed by atoms with E-state index in [0.29, 0.717) is 22.9 Å². The van der Waals surface area contributed by atoms with Gasteiger partial charge in [-0.3, -0.25) is 20.2 Å². The van der Waals surface area contributed by atoms with E-state index in [9.17, 15) is 24.6 Å². The molecule has 0 radical (unpaired) electrons. The van der Waals surface area contributed by atoms with Gasteiger partial charge in [0.05, 0.1) is 33.6 Å². The Morgan fingerprint density at radius 3 is 1.52 bits per heavy atom. The molecule has 66 heavy (non-hydrogen) atoms. The molecule has 6 aromatic heterocycles. The van der Waals surface area contributed by atoms with Crippen molar-refractivity contribution in [3.8, 4) is 12.1 Å². The van der Waals surface area contributed by atoms with E-state index in [2.05, 4.69) is 59.0 Å². The molecule has 6 aromatic rings. The number of hydrogen-bond donors (Lipinski definition) is 2. The maximum Gasteiger partial charge on any atom is 0.323 e. The van der Waals surface area contributed by atoms with Crippen LogP contribution in [0.3, 0.4) is 0 Å². The molecule has 0 spiro atoms. The molecule has 26 heteroatoms. The van der Waals surface area contributed by atoms with Crippen molar-refractivity contribution >= 4 is 80.8 Å². The quantitative estimate of drug-likeness (QED) is 0.0287. The number of nitro groups is 2. The Hall–Kier alpha value is -7.00. The van der Waals surface area contributed by atoms with Crippen LogP contribution in [-0.2, 0) is 20.4 Å². The zero-order valence-electron chi connectivity index (χ0n) is 37.0. The molecule has 0 unspecified atom stereocenters. The van der Waals surface area contributed by atoms with E-state index in [4.69, 9.17) is 51.1 Å². The standard InChI is InChI=1S/C12H11ClN6.C7H9N3O2.C7H11N3.C5HCl2N3.C5H3FN2O2.C3H8.CH3.Pd/c1-19(2)11-9(4-3-5-15-11)17-10-8(6-14)7-16-12(13)18-10;1-9(2)7-6(10(11)12)4-3-5-8-7;1-10(2)7-6(8)4-3-5-9-7;6-4-3(1-8)2-9-5(7)10-4;6-5-4(8(9)10)2-1-3-7-5;1-3-2;;/h3-5,7H,1-2H3,(H,16,17,18);3-5H,1-2H3;3-5H,8H2,1-2H3;2H;1-3H;3H2,1-2H3;1H3;/q;;;;;;-1;. The third kappa shape index (κ3) is 21.6. The van der Waals surface area contributed by atoms with Crippen molar-refractivity contribution in [1.82, 2.24) is 39.9 Å². The van der Waals surface area contributed by atoms with Crippen LogP contribution in [-0.4, -0.2) is 92.0 Å². The van der Waals surface area contributed by atoms with Crippen molar-refractivity contribution in [3.63, 3.8) is 0 Å². The number of nitrogen functional groups attached to an aromatic ring is 1. The third-order valence-electron chi connectivity index (χ3n) is 6.74. The summed E-state index contributed by atoms with van der Waals surface area (Å²) in [5.41, 5.74) is 7.05. The normalized spacial score (nSPS) is 9.00. The summed E-state index contributed by atoms with van der Waals surface area (Å²) in [4.78, 5) is 54.7. The van der Waals surface area contributed by atoms with Crippen LogP contribution in [0.25, 0.3) is 0 Å². The van der Waals surface area contributed by atoms with Gasteiger partial charge >= 0.3 is 11.4 Å². The predicted molar refractivity (Wildman–Crippen MR) is 252 cm³/mol. The van der Waals surface area contributed by atoms with Gasteiger partial charge in [0.2, 0.25) is 16.4 Å². The van der Waals surface area contributed by atoms with Gasteiger partial charge < -0.3 is 33.2 Å². The van der Waals surface area contributed by atoms with Gasteiger partial charge in [0, 0.05) is 99.6 Å². The van der Waals surface area contributed by atoms with Crippen LogP contribution < -0.4 is 25.8 Å². The third-order valence-corrected chi connectivity index (χ3v) is 7.39. The zero-order chi connectivity index (χ0) is 48.4. The fraction of sp³-hybridized carbons (Fsp3) is 0.225. The van der Waals surface area contributed by atoms with Crippen LogP contribution in [0, 0.1) is 56.3 Å². The molecule has 0 saturated heterocycles. The average Bonchev–Trinajstić information content (AvgIpc) is 3.25. The number of nitrogens with zero attached hydrogens (tertiary/aromatic N) is 15. The first-order valence-corrected chi connectivity index (χ1v) is 19.3. The van der Waals surface area contributed by atoms with E-state index < -0.39 is 21.5 Å². The Morgan fingerprint density at radius 1 is 0.682 bits per heavy atom. The van der Waals surface area contributed by atoms with Crippen LogP contribution in [0.15, 0.2) is 85.7 Å². The summed E-state index contributed by atoms with van der Waals surface area (Å²) in [6.07, 6.45) is 10.0. The number of pyridine rings is 4. The maximum absolute atomic E-state index is 12.3. The number of nitrogens with two attached hydrogens (primary N) is 1. The van der Waals surface area contributed by atoms with Gasteiger partial charge in [0.15, 0.2) is 22.6 Å². The molecule has 0 amide bonds. The van der Waals surface area contributed by atoms with Crippen LogP contribution in [0.1, 0.15) is 31.4 Å². The molecular weight excluding hydrogens is 1010 g/mol. The van der Waals surface area contributed by atoms with Gasteiger partial charge in [0.1, 0.15) is 23.3 Å². The maximum atomic E-state index is 12.3. The Bertz CT molecular complexity index is 2520. The molecular formula is C40H46Cl3FN17O4Pd-. The van der Waals surface area contributed by atoms with Crippen molar-refractivity contribution in [2.75, 3.05) is 68.0 Å². The van der Waals surface area contributed by atoms with Gasteiger partial charge in [0.25, 0.3) is 5.95 Å². The molecule has 6 rings (SSSR count). The van der Waals surface area contributed by atoms with E-state index in [0.717, 1.165) is 29.6 Å².